The molecule has 0 spiro atoms. The summed E-state index contributed by atoms with van der Waals surface area (Å²) in [5.41, 5.74) is 1.42. The molecule has 124 valence electrons. The third-order valence-corrected chi connectivity index (χ3v) is 3.99. The van der Waals surface area contributed by atoms with Gasteiger partial charge in [0.1, 0.15) is 11.5 Å². The molecule has 2 rings (SSSR count). The van der Waals surface area contributed by atoms with Crippen molar-refractivity contribution in [3.63, 3.8) is 0 Å². The van der Waals surface area contributed by atoms with Gasteiger partial charge in [-0.25, -0.2) is 4.79 Å². The van der Waals surface area contributed by atoms with Crippen LogP contribution in [0.5, 0.6) is 11.5 Å². The van der Waals surface area contributed by atoms with E-state index in [0.717, 1.165) is 5.56 Å². The zero-order chi connectivity index (χ0) is 16.7. The number of carbonyl (C=O) groups is 1. The summed E-state index contributed by atoms with van der Waals surface area (Å²) in [6.45, 7) is 0.362. The molecule has 0 saturated carbocycles. The molecule has 1 unspecified atom stereocenters. The second-order valence-electron chi connectivity index (χ2n) is 4.81. The number of anilines is 1. The molecule has 0 fully saturated rings. The van der Waals surface area contributed by atoms with Crippen LogP contribution in [0, 0.1) is 0 Å². The standard InChI is InChI=1S/C16H20N2O4S/c1-21-12-3-4-13(15(9-12)22-2)18-16(20)17-7-5-14(19)11-6-8-23-10-11/h3-4,6,8-10,14,19H,5,7H2,1-2H3,(H2,17,18,20). The summed E-state index contributed by atoms with van der Waals surface area (Å²) in [5, 5.41) is 19.2. The Morgan fingerprint density at radius 3 is 2.78 bits per heavy atom. The Hall–Kier alpha value is -2.25. The molecule has 0 aliphatic carbocycles. The average Bonchev–Trinajstić information content (AvgIpc) is 3.09. The van der Waals surface area contributed by atoms with Crippen LogP contribution in [0.3, 0.4) is 0 Å². The quantitative estimate of drug-likeness (QED) is 0.726. The number of methoxy groups -OCH3 is 2. The van der Waals surface area contributed by atoms with Gasteiger partial charge in [-0.15, -0.1) is 0 Å². The monoisotopic (exact) mass is 336 g/mol. The Kier molecular flexibility index (Phi) is 6.25. The van der Waals surface area contributed by atoms with Crippen molar-refractivity contribution >= 4 is 23.1 Å². The summed E-state index contributed by atoms with van der Waals surface area (Å²) in [5.74, 6) is 1.16. The van der Waals surface area contributed by atoms with Crippen LogP contribution in [-0.4, -0.2) is 31.9 Å². The number of hydrogen-bond acceptors (Lipinski definition) is 5. The average molecular weight is 336 g/mol. The fourth-order valence-electron chi connectivity index (χ4n) is 2.02. The third kappa shape index (κ3) is 4.87. The van der Waals surface area contributed by atoms with Gasteiger partial charge in [0, 0.05) is 12.6 Å². The van der Waals surface area contributed by atoms with Crippen molar-refractivity contribution in [2.45, 2.75) is 12.5 Å². The molecule has 6 nitrogen and oxygen atoms in total. The number of amides is 2. The van der Waals surface area contributed by atoms with E-state index in [-0.39, 0.29) is 6.03 Å². The summed E-state index contributed by atoms with van der Waals surface area (Å²) in [6.07, 6.45) is -0.124. The van der Waals surface area contributed by atoms with Gasteiger partial charge >= 0.3 is 6.03 Å². The van der Waals surface area contributed by atoms with Gasteiger partial charge in [-0.3, -0.25) is 0 Å². The summed E-state index contributed by atoms with van der Waals surface area (Å²) >= 11 is 1.53. The van der Waals surface area contributed by atoms with Crippen LogP contribution in [0.25, 0.3) is 0 Å². The zero-order valence-electron chi connectivity index (χ0n) is 13.0. The molecule has 0 aliphatic rings. The second-order valence-corrected chi connectivity index (χ2v) is 5.59. The van der Waals surface area contributed by atoms with Gasteiger partial charge in [0.05, 0.1) is 26.0 Å². The number of thiophene rings is 1. The van der Waals surface area contributed by atoms with E-state index in [4.69, 9.17) is 9.47 Å². The number of rotatable bonds is 7. The highest BCUT2D eigenvalue weighted by Crippen LogP contribution is 2.28. The predicted octanol–water partition coefficient (Wildman–Crippen LogP) is 3.01. The highest BCUT2D eigenvalue weighted by molar-refractivity contribution is 7.07. The number of aliphatic hydroxyl groups excluding tert-OH is 1. The Bertz CT molecular complexity index is 631. The molecule has 1 aromatic carbocycles. The van der Waals surface area contributed by atoms with Gasteiger partial charge in [-0.1, -0.05) is 0 Å². The predicted molar refractivity (Wildman–Crippen MR) is 90.5 cm³/mol. The topological polar surface area (TPSA) is 79.8 Å². The van der Waals surface area contributed by atoms with E-state index in [1.165, 1.54) is 18.4 Å². The smallest absolute Gasteiger partial charge is 0.319 e. The van der Waals surface area contributed by atoms with E-state index >= 15 is 0 Å². The number of hydrogen-bond donors (Lipinski definition) is 3. The molecule has 23 heavy (non-hydrogen) atoms. The first-order chi connectivity index (χ1) is 11.1. The van der Waals surface area contributed by atoms with Crippen LogP contribution in [-0.2, 0) is 0 Å². The normalized spacial score (nSPS) is 11.6. The molecule has 3 N–H and O–H groups in total. The molecule has 2 amide bonds. The largest absolute Gasteiger partial charge is 0.497 e. The lowest BCUT2D eigenvalue weighted by Crippen LogP contribution is -2.30. The van der Waals surface area contributed by atoms with Crippen LogP contribution in [0.15, 0.2) is 35.0 Å². The van der Waals surface area contributed by atoms with Crippen LogP contribution in [0.2, 0.25) is 0 Å². The molecular formula is C16H20N2O4S. The van der Waals surface area contributed by atoms with Gasteiger partial charge in [0.15, 0.2) is 0 Å². The number of nitrogens with one attached hydrogen (secondary N) is 2. The van der Waals surface area contributed by atoms with E-state index in [1.54, 1.807) is 25.3 Å². The SMILES string of the molecule is COc1ccc(NC(=O)NCCC(O)c2ccsc2)c(OC)c1. The lowest BCUT2D eigenvalue weighted by Gasteiger charge is -2.13. The maximum absolute atomic E-state index is 11.9. The van der Waals surface area contributed by atoms with E-state index < -0.39 is 6.10 Å². The lowest BCUT2D eigenvalue weighted by molar-refractivity contribution is 0.168. The highest BCUT2D eigenvalue weighted by atomic mass is 32.1. The maximum Gasteiger partial charge on any atom is 0.319 e. The Labute approximate surface area is 139 Å². The first kappa shape index (κ1) is 17.1. The number of carbonyl (C=O) groups excluding carboxylic acids is 1. The van der Waals surface area contributed by atoms with Crippen molar-refractivity contribution in [1.29, 1.82) is 0 Å². The molecule has 0 radical (unpaired) electrons. The minimum absolute atomic E-state index is 0.356. The van der Waals surface area contributed by atoms with Crippen LogP contribution in [0.1, 0.15) is 18.1 Å². The van der Waals surface area contributed by atoms with Crippen molar-refractivity contribution in [2.24, 2.45) is 0 Å². The zero-order valence-corrected chi connectivity index (χ0v) is 13.9. The van der Waals surface area contributed by atoms with Crippen LogP contribution >= 0.6 is 11.3 Å². The summed E-state index contributed by atoms with van der Waals surface area (Å²) in [4.78, 5) is 11.9. The highest BCUT2D eigenvalue weighted by Gasteiger charge is 2.11. The van der Waals surface area contributed by atoms with E-state index in [0.29, 0.717) is 30.2 Å². The first-order valence-electron chi connectivity index (χ1n) is 7.11. The van der Waals surface area contributed by atoms with Crippen molar-refractivity contribution in [3.8, 4) is 11.5 Å². The molecule has 0 bridgehead atoms. The van der Waals surface area contributed by atoms with Crippen molar-refractivity contribution in [2.75, 3.05) is 26.1 Å². The van der Waals surface area contributed by atoms with Gasteiger partial charge in [-0.2, -0.15) is 11.3 Å². The lowest BCUT2D eigenvalue weighted by atomic mass is 10.1. The van der Waals surface area contributed by atoms with Gasteiger partial charge in [0.25, 0.3) is 0 Å². The van der Waals surface area contributed by atoms with E-state index in [1.807, 2.05) is 16.8 Å². The van der Waals surface area contributed by atoms with Crippen molar-refractivity contribution < 1.29 is 19.4 Å². The van der Waals surface area contributed by atoms with Gasteiger partial charge < -0.3 is 25.2 Å². The van der Waals surface area contributed by atoms with E-state index in [9.17, 15) is 9.90 Å². The summed E-state index contributed by atoms with van der Waals surface area (Å²) in [7, 11) is 3.09. The summed E-state index contributed by atoms with van der Waals surface area (Å²) in [6, 6.07) is 6.65. The fourth-order valence-corrected chi connectivity index (χ4v) is 2.73. The van der Waals surface area contributed by atoms with Crippen LogP contribution in [0.4, 0.5) is 10.5 Å². The molecule has 1 aromatic heterocycles. The van der Waals surface area contributed by atoms with Crippen molar-refractivity contribution in [3.05, 3.63) is 40.6 Å². The van der Waals surface area contributed by atoms with E-state index in [2.05, 4.69) is 10.6 Å². The number of aliphatic hydroxyl groups is 1. The fraction of sp³-hybridized carbons (Fsp3) is 0.312. The third-order valence-electron chi connectivity index (χ3n) is 3.29. The molecule has 0 saturated heterocycles. The molecular weight excluding hydrogens is 316 g/mol. The number of urea groups is 1. The minimum atomic E-state index is -0.572. The molecule has 7 heteroatoms. The Balaban J connectivity index is 1.83. The number of benzene rings is 1. The number of ether oxygens (including phenoxy) is 2. The van der Waals surface area contributed by atoms with Crippen molar-refractivity contribution in [1.82, 2.24) is 5.32 Å². The first-order valence-corrected chi connectivity index (χ1v) is 8.05. The van der Waals surface area contributed by atoms with Gasteiger partial charge in [0.2, 0.25) is 0 Å². The Morgan fingerprint density at radius 1 is 1.30 bits per heavy atom. The Morgan fingerprint density at radius 2 is 2.13 bits per heavy atom. The van der Waals surface area contributed by atoms with Gasteiger partial charge in [-0.05, 0) is 40.9 Å². The minimum Gasteiger partial charge on any atom is -0.497 e. The molecule has 0 aliphatic heterocycles. The molecule has 1 atom stereocenters. The maximum atomic E-state index is 11.9. The second kappa shape index (κ2) is 8.40. The van der Waals surface area contributed by atoms with Crippen LogP contribution < -0.4 is 20.1 Å². The summed E-state index contributed by atoms with van der Waals surface area (Å²) < 4.78 is 10.3. The molecule has 2 aromatic rings. The molecule has 1 heterocycles.